The highest BCUT2D eigenvalue weighted by atomic mass is 35.5. The highest BCUT2D eigenvalue weighted by molar-refractivity contribution is 7.89. The van der Waals surface area contributed by atoms with Crippen LogP contribution in [0.25, 0.3) is 0 Å². The standard InChI is InChI=1S/C17H19ClN2O4S/c1-24-16-8-3-2-5-13(16)12-19-17(21)9-10-20-25(22,23)15-7-4-6-14(18)11-15/h2-8,11,20H,9-10,12H2,1H3,(H,19,21). The Balaban J connectivity index is 1.82. The van der Waals surface area contributed by atoms with E-state index in [-0.39, 0.29) is 23.8 Å². The third-order valence-electron chi connectivity index (χ3n) is 3.42. The van der Waals surface area contributed by atoms with Crippen molar-refractivity contribution in [1.82, 2.24) is 10.0 Å². The lowest BCUT2D eigenvalue weighted by Crippen LogP contribution is -2.30. The summed E-state index contributed by atoms with van der Waals surface area (Å²) in [5.41, 5.74) is 0.845. The van der Waals surface area contributed by atoms with Gasteiger partial charge in [-0.25, -0.2) is 13.1 Å². The van der Waals surface area contributed by atoms with Crippen molar-refractivity contribution >= 4 is 27.5 Å². The van der Waals surface area contributed by atoms with Gasteiger partial charge in [0.25, 0.3) is 0 Å². The molecule has 2 N–H and O–H groups in total. The average Bonchev–Trinajstić information content (AvgIpc) is 2.60. The van der Waals surface area contributed by atoms with E-state index in [1.54, 1.807) is 25.3 Å². The molecule has 0 spiro atoms. The number of ether oxygens (including phenoxy) is 1. The molecule has 0 saturated carbocycles. The van der Waals surface area contributed by atoms with Crippen LogP contribution in [0.2, 0.25) is 5.02 Å². The van der Waals surface area contributed by atoms with Crippen molar-refractivity contribution in [2.75, 3.05) is 13.7 Å². The van der Waals surface area contributed by atoms with Gasteiger partial charge in [-0.05, 0) is 24.3 Å². The number of carbonyl (C=O) groups excluding carboxylic acids is 1. The van der Waals surface area contributed by atoms with E-state index in [1.807, 2.05) is 18.2 Å². The summed E-state index contributed by atoms with van der Waals surface area (Å²) in [6.45, 7) is 0.302. The molecule has 0 bridgehead atoms. The van der Waals surface area contributed by atoms with Crippen molar-refractivity contribution in [2.45, 2.75) is 17.9 Å². The Morgan fingerprint density at radius 3 is 2.64 bits per heavy atom. The SMILES string of the molecule is COc1ccccc1CNC(=O)CCNS(=O)(=O)c1cccc(Cl)c1. The van der Waals surface area contributed by atoms with E-state index in [0.29, 0.717) is 17.3 Å². The predicted molar refractivity (Wildman–Crippen MR) is 96.1 cm³/mol. The lowest BCUT2D eigenvalue weighted by Gasteiger charge is -2.10. The molecule has 134 valence electrons. The fourth-order valence-electron chi connectivity index (χ4n) is 2.15. The number of amides is 1. The van der Waals surface area contributed by atoms with Crippen LogP contribution in [-0.2, 0) is 21.4 Å². The molecule has 0 aliphatic heterocycles. The Bertz CT molecular complexity index is 840. The van der Waals surface area contributed by atoms with E-state index < -0.39 is 10.0 Å². The Kier molecular flexibility index (Phi) is 6.81. The van der Waals surface area contributed by atoms with Crippen LogP contribution in [-0.4, -0.2) is 28.0 Å². The highest BCUT2D eigenvalue weighted by Gasteiger charge is 2.14. The first-order valence-corrected chi connectivity index (χ1v) is 9.42. The van der Waals surface area contributed by atoms with E-state index in [4.69, 9.17) is 16.3 Å². The summed E-state index contributed by atoms with van der Waals surface area (Å²) in [5, 5.41) is 3.06. The maximum Gasteiger partial charge on any atom is 0.240 e. The highest BCUT2D eigenvalue weighted by Crippen LogP contribution is 2.17. The Labute approximate surface area is 152 Å². The zero-order valence-corrected chi connectivity index (χ0v) is 15.2. The molecule has 0 radical (unpaired) electrons. The molecule has 2 aromatic carbocycles. The number of rotatable bonds is 8. The van der Waals surface area contributed by atoms with Gasteiger partial charge in [-0.3, -0.25) is 4.79 Å². The summed E-state index contributed by atoms with van der Waals surface area (Å²) in [5.74, 6) is 0.421. The zero-order chi connectivity index (χ0) is 18.3. The topological polar surface area (TPSA) is 84.5 Å². The molecule has 2 aromatic rings. The number of carbonyl (C=O) groups is 1. The fraction of sp³-hybridized carbons (Fsp3) is 0.235. The molecule has 25 heavy (non-hydrogen) atoms. The van der Waals surface area contributed by atoms with Gasteiger partial charge in [0.15, 0.2) is 0 Å². The van der Waals surface area contributed by atoms with Crippen LogP contribution < -0.4 is 14.8 Å². The first-order valence-electron chi connectivity index (χ1n) is 7.56. The van der Waals surface area contributed by atoms with Crippen LogP contribution >= 0.6 is 11.6 Å². The summed E-state index contributed by atoms with van der Waals surface area (Å²) in [4.78, 5) is 11.9. The van der Waals surface area contributed by atoms with Crippen molar-refractivity contribution < 1.29 is 17.9 Å². The Morgan fingerprint density at radius 1 is 1.16 bits per heavy atom. The van der Waals surface area contributed by atoms with Crippen LogP contribution in [0.5, 0.6) is 5.75 Å². The van der Waals surface area contributed by atoms with Gasteiger partial charge in [-0.1, -0.05) is 35.9 Å². The van der Waals surface area contributed by atoms with Gasteiger partial charge < -0.3 is 10.1 Å². The molecule has 0 aliphatic rings. The van der Waals surface area contributed by atoms with E-state index in [2.05, 4.69) is 10.0 Å². The zero-order valence-electron chi connectivity index (χ0n) is 13.7. The third kappa shape index (κ3) is 5.74. The van der Waals surface area contributed by atoms with E-state index in [9.17, 15) is 13.2 Å². The molecule has 0 aromatic heterocycles. The fourth-order valence-corrected chi connectivity index (χ4v) is 3.48. The van der Waals surface area contributed by atoms with Gasteiger partial charge in [0, 0.05) is 30.1 Å². The molecule has 6 nitrogen and oxygen atoms in total. The molecular formula is C17H19ClN2O4S. The molecule has 0 unspecified atom stereocenters. The quantitative estimate of drug-likeness (QED) is 0.733. The van der Waals surface area contributed by atoms with E-state index >= 15 is 0 Å². The van der Waals surface area contributed by atoms with Crippen LogP contribution in [0.1, 0.15) is 12.0 Å². The Morgan fingerprint density at radius 2 is 1.92 bits per heavy atom. The van der Waals surface area contributed by atoms with Gasteiger partial charge in [0.05, 0.1) is 12.0 Å². The molecule has 0 aliphatic carbocycles. The molecule has 0 atom stereocenters. The van der Waals surface area contributed by atoms with Gasteiger partial charge in [-0.15, -0.1) is 0 Å². The summed E-state index contributed by atoms with van der Waals surface area (Å²) < 4.78 is 31.8. The third-order valence-corrected chi connectivity index (χ3v) is 5.11. The van der Waals surface area contributed by atoms with Crippen molar-refractivity contribution in [3.63, 3.8) is 0 Å². The number of methoxy groups -OCH3 is 1. The minimum atomic E-state index is -3.69. The second kappa shape index (κ2) is 8.84. The van der Waals surface area contributed by atoms with E-state index in [0.717, 1.165) is 5.56 Å². The van der Waals surface area contributed by atoms with Crippen molar-refractivity contribution in [3.05, 3.63) is 59.1 Å². The maximum absolute atomic E-state index is 12.1. The van der Waals surface area contributed by atoms with Crippen molar-refractivity contribution in [3.8, 4) is 5.75 Å². The molecule has 2 rings (SSSR count). The smallest absolute Gasteiger partial charge is 0.240 e. The first-order chi connectivity index (χ1) is 11.9. The number of para-hydroxylation sites is 1. The van der Waals surface area contributed by atoms with E-state index in [1.165, 1.54) is 12.1 Å². The second-order valence-corrected chi connectivity index (χ2v) is 7.40. The van der Waals surface area contributed by atoms with Crippen molar-refractivity contribution in [1.29, 1.82) is 0 Å². The van der Waals surface area contributed by atoms with Gasteiger partial charge >= 0.3 is 0 Å². The maximum atomic E-state index is 12.1. The largest absolute Gasteiger partial charge is 0.496 e. The van der Waals surface area contributed by atoms with Crippen LogP contribution in [0.15, 0.2) is 53.4 Å². The summed E-state index contributed by atoms with van der Waals surface area (Å²) in [7, 11) is -2.13. The summed E-state index contributed by atoms with van der Waals surface area (Å²) in [6, 6.07) is 13.3. The average molecular weight is 383 g/mol. The minimum absolute atomic E-state index is 0.00734. The number of halogens is 1. The van der Waals surface area contributed by atoms with Crippen LogP contribution in [0.3, 0.4) is 0 Å². The number of hydrogen-bond donors (Lipinski definition) is 2. The first kappa shape index (κ1) is 19.2. The number of hydrogen-bond acceptors (Lipinski definition) is 4. The summed E-state index contributed by atoms with van der Waals surface area (Å²) in [6.07, 6.45) is 0.0228. The molecular weight excluding hydrogens is 364 g/mol. The van der Waals surface area contributed by atoms with Crippen LogP contribution in [0.4, 0.5) is 0 Å². The molecule has 1 amide bonds. The van der Waals surface area contributed by atoms with Crippen LogP contribution in [0, 0.1) is 0 Å². The number of benzene rings is 2. The molecule has 0 fully saturated rings. The lowest BCUT2D eigenvalue weighted by atomic mass is 10.2. The normalized spacial score (nSPS) is 11.1. The van der Waals surface area contributed by atoms with Gasteiger partial charge in [0.1, 0.15) is 5.75 Å². The molecule has 8 heteroatoms. The molecule has 0 heterocycles. The second-order valence-electron chi connectivity index (χ2n) is 5.19. The monoisotopic (exact) mass is 382 g/mol. The van der Waals surface area contributed by atoms with Gasteiger partial charge in [-0.2, -0.15) is 0 Å². The van der Waals surface area contributed by atoms with Gasteiger partial charge in [0.2, 0.25) is 15.9 Å². The lowest BCUT2D eigenvalue weighted by molar-refractivity contribution is -0.121. The summed E-state index contributed by atoms with van der Waals surface area (Å²) >= 11 is 5.79. The molecule has 0 saturated heterocycles. The minimum Gasteiger partial charge on any atom is -0.496 e. The predicted octanol–water partition coefficient (Wildman–Crippen LogP) is 2.33. The number of nitrogens with one attached hydrogen (secondary N) is 2. The Hall–Kier alpha value is -2.09. The number of sulfonamides is 1. The van der Waals surface area contributed by atoms with Crippen molar-refractivity contribution in [2.24, 2.45) is 0 Å².